The number of carbonyl (C=O) groups excluding carboxylic acids is 2. The van der Waals surface area contributed by atoms with Crippen molar-refractivity contribution in [2.75, 3.05) is 24.5 Å². The largest absolute Gasteiger partial charge is 0.342 e. The van der Waals surface area contributed by atoms with Crippen LogP contribution in [0.1, 0.15) is 23.9 Å². The molecule has 1 atom stereocenters. The summed E-state index contributed by atoms with van der Waals surface area (Å²) in [4.78, 5) is 32.3. The standard InChI is InChI=1S/C18H17ClFN3O2S/c1-11(24)22-5-4-18(9-22)10-23(14-3-2-12(20)6-13(14)18)17(25)7-16-21-8-15(19)26-16/h2-3,6,8H,4-5,7,9-10H2,1H3. The molecular formula is C18H17ClFN3O2S. The highest BCUT2D eigenvalue weighted by Gasteiger charge is 2.49. The molecule has 1 aromatic heterocycles. The van der Waals surface area contributed by atoms with Gasteiger partial charge in [0.1, 0.15) is 15.2 Å². The molecule has 4 rings (SSSR count). The molecular weight excluding hydrogens is 377 g/mol. The minimum absolute atomic E-state index is 0.00188. The summed E-state index contributed by atoms with van der Waals surface area (Å²) in [5.41, 5.74) is 1.13. The second kappa shape index (κ2) is 6.32. The molecule has 1 spiro atoms. The summed E-state index contributed by atoms with van der Waals surface area (Å²) in [5, 5.41) is 0.654. The molecule has 5 nitrogen and oxygen atoms in total. The zero-order valence-electron chi connectivity index (χ0n) is 14.2. The van der Waals surface area contributed by atoms with Crippen LogP contribution in [0.25, 0.3) is 0 Å². The van der Waals surface area contributed by atoms with Gasteiger partial charge in [0.25, 0.3) is 0 Å². The third-order valence-corrected chi connectivity index (χ3v) is 6.32. The number of fused-ring (bicyclic) bond motifs is 2. The summed E-state index contributed by atoms with van der Waals surface area (Å²) in [6.07, 6.45) is 2.40. The van der Waals surface area contributed by atoms with Crippen LogP contribution in [0.5, 0.6) is 0 Å². The van der Waals surface area contributed by atoms with Gasteiger partial charge in [-0.25, -0.2) is 9.37 Å². The van der Waals surface area contributed by atoms with Crippen molar-refractivity contribution >= 4 is 40.4 Å². The number of anilines is 1. The number of carbonyl (C=O) groups is 2. The molecule has 0 saturated carbocycles. The van der Waals surface area contributed by atoms with E-state index in [1.54, 1.807) is 15.9 Å². The van der Waals surface area contributed by atoms with Crippen molar-refractivity contribution in [1.82, 2.24) is 9.88 Å². The van der Waals surface area contributed by atoms with Crippen molar-refractivity contribution in [2.45, 2.75) is 25.2 Å². The second-order valence-corrected chi connectivity index (χ2v) is 8.59. The Morgan fingerprint density at radius 3 is 2.85 bits per heavy atom. The van der Waals surface area contributed by atoms with Crippen LogP contribution in [-0.2, 0) is 21.4 Å². The lowest BCUT2D eigenvalue weighted by atomic mass is 9.81. The van der Waals surface area contributed by atoms with E-state index in [-0.39, 0.29) is 24.1 Å². The van der Waals surface area contributed by atoms with Gasteiger partial charge < -0.3 is 9.80 Å². The smallest absolute Gasteiger partial charge is 0.233 e. The van der Waals surface area contributed by atoms with E-state index in [1.807, 2.05) is 0 Å². The first kappa shape index (κ1) is 17.4. The minimum atomic E-state index is -0.403. The van der Waals surface area contributed by atoms with Crippen LogP contribution in [0.4, 0.5) is 10.1 Å². The monoisotopic (exact) mass is 393 g/mol. The number of nitrogens with zero attached hydrogens (tertiary/aromatic N) is 3. The van der Waals surface area contributed by atoms with Crippen LogP contribution in [0.15, 0.2) is 24.4 Å². The molecule has 2 aliphatic heterocycles. The fraction of sp³-hybridized carbons (Fsp3) is 0.389. The van der Waals surface area contributed by atoms with Crippen LogP contribution in [-0.4, -0.2) is 41.3 Å². The summed E-state index contributed by atoms with van der Waals surface area (Å²) in [6.45, 7) is 3.12. The first-order valence-corrected chi connectivity index (χ1v) is 9.53. The molecule has 8 heteroatoms. The lowest BCUT2D eigenvalue weighted by Crippen LogP contribution is -2.40. The topological polar surface area (TPSA) is 53.5 Å². The Hall–Kier alpha value is -1.99. The van der Waals surface area contributed by atoms with Gasteiger partial charge in [-0.15, -0.1) is 11.3 Å². The number of benzene rings is 1. The molecule has 1 aromatic carbocycles. The third kappa shape index (κ3) is 2.89. The van der Waals surface area contributed by atoms with Crippen molar-refractivity contribution in [3.63, 3.8) is 0 Å². The average Bonchev–Trinajstić information content (AvgIpc) is 3.27. The number of hydrogen-bond donors (Lipinski definition) is 0. The van der Waals surface area contributed by atoms with Crippen LogP contribution in [0, 0.1) is 5.82 Å². The van der Waals surface area contributed by atoms with E-state index in [4.69, 9.17) is 11.6 Å². The maximum absolute atomic E-state index is 13.9. The first-order chi connectivity index (χ1) is 12.4. The summed E-state index contributed by atoms with van der Waals surface area (Å²) in [5.74, 6) is -0.422. The van der Waals surface area contributed by atoms with Crippen LogP contribution in [0.3, 0.4) is 0 Å². The van der Waals surface area contributed by atoms with Gasteiger partial charge in [-0.1, -0.05) is 11.6 Å². The molecule has 2 amide bonds. The molecule has 2 aromatic rings. The summed E-state index contributed by atoms with van der Waals surface area (Å²) in [7, 11) is 0. The number of aromatic nitrogens is 1. The van der Waals surface area contributed by atoms with Gasteiger partial charge >= 0.3 is 0 Å². The molecule has 0 radical (unpaired) electrons. The summed E-state index contributed by atoms with van der Waals surface area (Å²) < 4.78 is 14.5. The van der Waals surface area contributed by atoms with Crippen molar-refractivity contribution in [3.05, 3.63) is 45.1 Å². The fourth-order valence-electron chi connectivity index (χ4n) is 3.95. The van der Waals surface area contributed by atoms with Gasteiger partial charge in [0.15, 0.2) is 0 Å². The maximum atomic E-state index is 13.9. The summed E-state index contributed by atoms with van der Waals surface area (Å²) >= 11 is 7.18. The molecule has 26 heavy (non-hydrogen) atoms. The van der Waals surface area contributed by atoms with Gasteiger partial charge in [0.2, 0.25) is 11.8 Å². The highest BCUT2D eigenvalue weighted by atomic mass is 35.5. The van der Waals surface area contributed by atoms with E-state index in [2.05, 4.69) is 4.98 Å². The SMILES string of the molecule is CC(=O)N1CCC2(C1)CN(C(=O)Cc1ncc(Cl)s1)c1ccc(F)cc12. The van der Waals surface area contributed by atoms with E-state index in [9.17, 15) is 14.0 Å². The summed E-state index contributed by atoms with van der Waals surface area (Å²) in [6, 6.07) is 4.53. The number of hydrogen-bond acceptors (Lipinski definition) is 4. The Balaban J connectivity index is 1.66. The van der Waals surface area contributed by atoms with Gasteiger partial charge in [-0.2, -0.15) is 0 Å². The maximum Gasteiger partial charge on any atom is 0.233 e. The van der Waals surface area contributed by atoms with E-state index in [0.29, 0.717) is 29.0 Å². The van der Waals surface area contributed by atoms with E-state index in [0.717, 1.165) is 17.7 Å². The van der Waals surface area contributed by atoms with Gasteiger partial charge in [0, 0.05) is 37.7 Å². The van der Waals surface area contributed by atoms with Crippen molar-refractivity contribution < 1.29 is 14.0 Å². The van der Waals surface area contributed by atoms with Crippen molar-refractivity contribution in [3.8, 4) is 0 Å². The second-order valence-electron chi connectivity index (χ2n) is 6.85. The molecule has 1 saturated heterocycles. The van der Waals surface area contributed by atoms with Crippen molar-refractivity contribution in [2.24, 2.45) is 0 Å². The zero-order valence-corrected chi connectivity index (χ0v) is 15.7. The average molecular weight is 394 g/mol. The fourth-order valence-corrected chi connectivity index (χ4v) is 4.90. The van der Waals surface area contributed by atoms with Gasteiger partial charge in [-0.05, 0) is 30.2 Å². The van der Waals surface area contributed by atoms with Crippen molar-refractivity contribution in [1.29, 1.82) is 0 Å². The van der Waals surface area contributed by atoms with E-state index < -0.39 is 5.41 Å². The molecule has 0 bridgehead atoms. The quantitative estimate of drug-likeness (QED) is 0.788. The molecule has 2 aliphatic rings. The van der Waals surface area contributed by atoms with E-state index >= 15 is 0 Å². The number of likely N-dealkylation sites (tertiary alicyclic amines) is 1. The predicted octanol–water partition coefficient (Wildman–Crippen LogP) is 3.01. The first-order valence-electron chi connectivity index (χ1n) is 8.34. The lowest BCUT2D eigenvalue weighted by Gasteiger charge is -2.25. The molecule has 1 unspecified atom stereocenters. The van der Waals surface area contributed by atoms with Gasteiger partial charge in [0.05, 0.1) is 12.6 Å². The Kier molecular flexibility index (Phi) is 4.23. The molecule has 136 valence electrons. The molecule has 0 aliphatic carbocycles. The van der Waals surface area contributed by atoms with Crippen LogP contribution >= 0.6 is 22.9 Å². The normalized spacial score (nSPS) is 21.5. The van der Waals surface area contributed by atoms with E-state index in [1.165, 1.54) is 36.6 Å². The highest BCUT2D eigenvalue weighted by Crippen LogP contribution is 2.46. The Morgan fingerprint density at radius 1 is 1.38 bits per heavy atom. The number of halogens is 2. The lowest BCUT2D eigenvalue weighted by molar-refractivity contribution is -0.127. The molecule has 1 fully saturated rings. The van der Waals surface area contributed by atoms with Crippen LogP contribution < -0.4 is 4.90 Å². The Labute approximate surface area is 159 Å². The molecule has 3 heterocycles. The highest BCUT2D eigenvalue weighted by molar-refractivity contribution is 7.15. The molecule has 0 N–H and O–H groups in total. The number of amides is 2. The number of thiazole rings is 1. The number of rotatable bonds is 2. The Bertz CT molecular complexity index is 902. The Morgan fingerprint density at radius 2 is 2.19 bits per heavy atom. The van der Waals surface area contributed by atoms with Crippen LogP contribution in [0.2, 0.25) is 4.34 Å². The third-order valence-electron chi connectivity index (χ3n) is 5.21. The van der Waals surface area contributed by atoms with Gasteiger partial charge in [-0.3, -0.25) is 9.59 Å². The predicted molar refractivity (Wildman–Crippen MR) is 98.1 cm³/mol. The zero-order chi connectivity index (χ0) is 18.5. The minimum Gasteiger partial charge on any atom is -0.342 e.